The third-order valence-corrected chi connectivity index (χ3v) is 4.30. The molecule has 25 heavy (non-hydrogen) atoms. The molecule has 1 saturated heterocycles. The molecular weight excluding hydrogens is 331 g/mol. The highest BCUT2D eigenvalue weighted by atomic mass is 19.4. The van der Waals surface area contributed by atoms with Crippen LogP contribution in [0.3, 0.4) is 0 Å². The molecule has 3 rings (SSSR count). The first-order valence-corrected chi connectivity index (χ1v) is 8.30. The van der Waals surface area contributed by atoms with Gasteiger partial charge in [-0.2, -0.15) is 13.2 Å². The zero-order valence-electron chi connectivity index (χ0n) is 13.7. The Labute approximate surface area is 144 Å². The number of pyridine rings is 2. The van der Waals surface area contributed by atoms with E-state index in [9.17, 15) is 13.2 Å². The quantitative estimate of drug-likeness (QED) is 0.822. The van der Waals surface area contributed by atoms with Crippen LogP contribution in [0.4, 0.5) is 13.2 Å². The van der Waals surface area contributed by atoms with Crippen molar-refractivity contribution < 1.29 is 17.9 Å². The van der Waals surface area contributed by atoms with Crippen molar-refractivity contribution in [3.8, 4) is 5.88 Å². The average molecular weight is 351 g/mol. The highest BCUT2D eigenvalue weighted by molar-refractivity contribution is 5.17. The Balaban J connectivity index is 1.45. The molecule has 0 atom stereocenters. The fourth-order valence-electron chi connectivity index (χ4n) is 2.89. The molecule has 134 valence electrons. The SMILES string of the molecule is FC(F)(F)c1cccc(OCC2CCN(Cc3ccccn3)CC2)n1. The summed E-state index contributed by atoms with van der Waals surface area (Å²) in [4.78, 5) is 10.2. The van der Waals surface area contributed by atoms with Crippen LogP contribution in [0.25, 0.3) is 0 Å². The minimum absolute atomic E-state index is 0.0331. The number of halogens is 3. The summed E-state index contributed by atoms with van der Waals surface area (Å²) >= 11 is 0. The second-order valence-corrected chi connectivity index (χ2v) is 6.21. The number of rotatable bonds is 5. The fourth-order valence-corrected chi connectivity index (χ4v) is 2.89. The Morgan fingerprint density at radius 3 is 2.56 bits per heavy atom. The van der Waals surface area contributed by atoms with Gasteiger partial charge in [0.2, 0.25) is 5.88 Å². The summed E-state index contributed by atoms with van der Waals surface area (Å²) in [6.45, 7) is 3.08. The molecule has 2 aromatic heterocycles. The number of piperidine rings is 1. The number of ether oxygens (including phenoxy) is 1. The van der Waals surface area contributed by atoms with E-state index in [1.807, 2.05) is 18.2 Å². The Bertz CT molecular complexity index is 671. The van der Waals surface area contributed by atoms with Crippen molar-refractivity contribution in [2.75, 3.05) is 19.7 Å². The molecule has 0 spiro atoms. The second kappa shape index (κ2) is 7.82. The van der Waals surface area contributed by atoms with Crippen LogP contribution in [0.15, 0.2) is 42.6 Å². The molecule has 1 fully saturated rings. The first-order chi connectivity index (χ1) is 12.0. The predicted molar refractivity (Wildman–Crippen MR) is 87.0 cm³/mol. The van der Waals surface area contributed by atoms with Crippen LogP contribution >= 0.6 is 0 Å². The molecule has 0 N–H and O–H groups in total. The monoisotopic (exact) mass is 351 g/mol. The summed E-state index contributed by atoms with van der Waals surface area (Å²) in [6.07, 6.45) is -0.758. The summed E-state index contributed by atoms with van der Waals surface area (Å²) in [6, 6.07) is 9.61. The lowest BCUT2D eigenvalue weighted by Crippen LogP contribution is -2.35. The zero-order chi connectivity index (χ0) is 17.7. The van der Waals surface area contributed by atoms with E-state index in [0.717, 1.165) is 44.2 Å². The van der Waals surface area contributed by atoms with Crippen LogP contribution in [-0.4, -0.2) is 34.6 Å². The van der Waals surface area contributed by atoms with Gasteiger partial charge in [-0.15, -0.1) is 0 Å². The van der Waals surface area contributed by atoms with Gasteiger partial charge >= 0.3 is 6.18 Å². The maximum absolute atomic E-state index is 12.7. The maximum Gasteiger partial charge on any atom is 0.433 e. The zero-order valence-corrected chi connectivity index (χ0v) is 13.7. The predicted octanol–water partition coefficient (Wildman–Crippen LogP) is 3.79. The first kappa shape index (κ1) is 17.7. The Morgan fingerprint density at radius 1 is 1.08 bits per heavy atom. The lowest BCUT2D eigenvalue weighted by Gasteiger charge is -2.31. The molecule has 0 amide bonds. The molecule has 0 radical (unpaired) electrons. The van der Waals surface area contributed by atoms with Gasteiger partial charge in [-0.1, -0.05) is 12.1 Å². The van der Waals surface area contributed by atoms with Crippen molar-refractivity contribution >= 4 is 0 Å². The van der Waals surface area contributed by atoms with E-state index in [-0.39, 0.29) is 5.88 Å². The van der Waals surface area contributed by atoms with Gasteiger partial charge in [0, 0.05) is 18.8 Å². The molecule has 1 aliphatic rings. The Hall–Kier alpha value is -2.15. The van der Waals surface area contributed by atoms with Crippen molar-refractivity contribution in [1.29, 1.82) is 0 Å². The van der Waals surface area contributed by atoms with Crippen molar-refractivity contribution in [3.63, 3.8) is 0 Å². The van der Waals surface area contributed by atoms with Crippen LogP contribution in [0, 0.1) is 5.92 Å². The molecule has 0 unspecified atom stereocenters. The number of aromatic nitrogens is 2. The summed E-state index contributed by atoms with van der Waals surface area (Å²) < 4.78 is 43.5. The normalized spacial score (nSPS) is 16.8. The largest absolute Gasteiger partial charge is 0.477 e. The van der Waals surface area contributed by atoms with Gasteiger partial charge in [0.25, 0.3) is 0 Å². The van der Waals surface area contributed by atoms with Gasteiger partial charge < -0.3 is 4.74 Å². The minimum atomic E-state index is -4.45. The third-order valence-electron chi connectivity index (χ3n) is 4.30. The summed E-state index contributed by atoms with van der Waals surface area (Å²) in [5.41, 5.74) is 0.126. The first-order valence-electron chi connectivity index (χ1n) is 8.30. The molecule has 0 aliphatic carbocycles. The smallest absolute Gasteiger partial charge is 0.433 e. The van der Waals surface area contributed by atoms with E-state index >= 15 is 0 Å². The summed E-state index contributed by atoms with van der Waals surface area (Å²) in [5, 5.41) is 0. The lowest BCUT2D eigenvalue weighted by atomic mass is 9.98. The molecule has 7 heteroatoms. The number of nitrogens with zero attached hydrogens (tertiary/aromatic N) is 3. The van der Waals surface area contributed by atoms with Crippen LogP contribution in [0.2, 0.25) is 0 Å². The van der Waals surface area contributed by atoms with Crippen molar-refractivity contribution in [2.45, 2.75) is 25.6 Å². The minimum Gasteiger partial charge on any atom is -0.477 e. The van der Waals surface area contributed by atoms with Crippen molar-refractivity contribution in [2.24, 2.45) is 5.92 Å². The molecule has 3 heterocycles. The fraction of sp³-hybridized carbons (Fsp3) is 0.444. The standard InChI is InChI=1S/C18H20F3N3O/c19-18(20,21)16-5-3-6-17(23-16)25-13-14-7-10-24(11-8-14)12-15-4-1-2-9-22-15/h1-6,9,14H,7-8,10-13H2. The number of hydrogen-bond donors (Lipinski definition) is 0. The number of hydrogen-bond acceptors (Lipinski definition) is 4. The summed E-state index contributed by atoms with van der Waals surface area (Å²) in [7, 11) is 0. The lowest BCUT2D eigenvalue weighted by molar-refractivity contribution is -0.141. The Morgan fingerprint density at radius 2 is 1.88 bits per heavy atom. The highest BCUT2D eigenvalue weighted by Gasteiger charge is 2.32. The van der Waals surface area contributed by atoms with Crippen molar-refractivity contribution in [3.05, 3.63) is 54.0 Å². The molecule has 0 saturated carbocycles. The van der Waals surface area contributed by atoms with Gasteiger partial charge in [0.05, 0.1) is 12.3 Å². The Kier molecular flexibility index (Phi) is 5.53. The number of likely N-dealkylation sites (tertiary alicyclic amines) is 1. The average Bonchev–Trinajstić information content (AvgIpc) is 2.62. The van der Waals surface area contributed by atoms with Crippen LogP contribution in [0.1, 0.15) is 24.2 Å². The van der Waals surface area contributed by atoms with Crippen LogP contribution in [-0.2, 0) is 12.7 Å². The van der Waals surface area contributed by atoms with E-state index in [4.69, 9.17) is 4.74 Å². The van der Waals surface area contributed by atoms with E-state index in [0.29, 0.717) is 12.5 Å². The van der Waals surface area contributed by atoms with E-state index in [1.165, 1.54) is 12.1 Å². The molecular formula is C18H20F3N3O. The van der Waals surface area contributed by atoms with Gasteiger partial charge in [-0.3, -0.25) is 9.88 Å². The van der Waals surface area contributed by atoms with E-state index in [1.54, 1.807) is 6.20 Å². The third kappa shape index (κ3) is 5.16. The molecule has 0 aromatic carbocycles. The van der Waals surface area contributed by atoms with Crippen LogP contribution in [0.5, 0.6) is 5.88 Å². The second-order valence-electron chi connectivity index (χ2n) is 6.21. The van der Waals surface area contributed by atoms with Crippen LogP contribution < -0.4 is 4.74 Å². The van der Waals surface area contributed by atoms with E-state index in [2.05, 4.69) is 14.9 Å². The topological polar surface area (TPSA) is 38.2 Å². The van der Waals surface area contributed by atoms with Crippen molar-refractivity contribution in [1.82, 2.24) is 14.9 Å². The highest BCUT2D eigenvalue weighted by Crippen LogP contribution is 2.29. The summed E-state index contributed by atoms with van der Waals surface area (Å²) in [5.74, 6) is 0.363. The van der Waals surface area contributed by atoms with Gasteiger partial charge in [0.1, 0.15) is 5.69 Å². The van der Waals surface area contributed by atoms with Gasteiger partial charge in [-0.25, -0.2) is 4.98 Å². The van der Waals surface area contributed by atoms with Gasteiger partial charge in [0.15, 0.2) is 0 Å². The molecule has 2 aromatic rings. The van der Waals surface area contributed by atoms with E-state index < -0.39 is 11.9 Å². The molecule has 1 aliphatic heterocycles. The number of alkyl halides is 3. The molecule has 4 nitrogen and oxygen atoms in total. The van der Waals surface area contributed by atoms with Gasteiger partial charge in [-0.05, 0) is 50.0 Å². The molecule has 0 bridgehead atoms. The maximum atomic E-state index is 12.7.